The molecule has 1 aromatic rings. The molecule has 0 aromatic carbocycles. The molecule has 0 atom stereocenters. The molecule has 3 N–H and O–H groups in total. The van der Waals surface area contributed by atoms with Gasteiger partial charge in [0.15, 0.2) is 5.82 Å². The number of nitrogens with zero attached hydrogens (tertiary/aromatic N) is 2. The quantitative estimate of drug-likeness (QED) is 0.622. The smallest absolute Gasteiger partial charge is 0.240 e. The number of aromatic nitrogens is 2. The maximum atomic E-state index is 5.29. The van der Waals surface area contributed by atoms with Gasteiger partial charge in [0.05, 0.1) is 13.1 Å². The van der Waals surface area contributed by atoms with E-state index < -0.39 is 0 Å². The van der Waals surface area contributed by atoms with Crippen molar-refractivity contribution in [3.05, 3.63) is 11.7 Å². The number of rotatable bonds is 4. The van der Waals surface area contributed by atoms with Gasteiger partial charge in [-0.05, 0) is 6.54 Å². The van der Waals surface area contributed by atoms with Crippen LogP contribution in [0.2, 0.25) is 0 Å². The van der Waals surface area contributed by atoms with Crippen molar-refractivity contribution in [2.45, 2.75) is 20.0 Å². The van der Waals surface area contributed by atoms with Crippen LogP contribution in [0.5, 0.6) is 0 Å². The van der Waals surface area contributed by atoms with Gasteiger partial charge in [-0.3, -0.25) is 0 Å². The van der Waals surface area contributed by atoms with Crippen molar-refractivity contribution >= 4 is 0 Å². The summed E-state index contributed by atoms with van der Waals surface area (Å²) in [6.45, 7) is 3.85. The van der Waals surface area contributed by atoms with Crippen molar-refractivity contribution in [2.24, 2.45) is 5.73 Å². The molecule has 0 spiro atoms. The highest BCUT2D eigenvalue weighted by Gasteiger charge is 2.01. The predicted octanol–water partition coefficient (Wildman–Crippen LogP) is -0.362. The third-order valence-electron chi connectivity index (χ3n) is 1.22. The molecule has 0 fully saturated rings. The summed E-state index contributed by atoms with van der Waals surface area (Å²) in [6.07, 6.45) is 0. The first-order valence-electron chi connectivity index (χ1n) is 3.59. The summed E-state index contributed by atoms with van der Waals surface area (Å²) in [6, 6.07) is 0. The predicted molar refractivity (Wildman–Crippen MR) is 39.6 cm³/mol. The van der Waals surface area contributed by atoms with Crippen molar-refractivity contribution in [3.63, 3.8) is 0 Å². The Kier molecular flexibility index (Phi) is 3.00. The second kappa shape index (κ2) is 4.05. The lowest BCUT2D eigenvalue weighted by Crippen LogP contribution is -2.12. The molecular formula is C6H12N4O. The topological polar surface area (TPSA) is 77.0 Å². The van der Waals surface area contributed by atoms with E-state index in [2.05, 4.69) is 15.5 Å². The maximum absolute atomic E-state index is 5.29. The molecule has 0 aliphatic rings. The monoisotopic (exact) mass is 156 g/mol. The minimum atomic E-state index is 0.329. The fourth-order valence-corrected chi connectivity index (χ4v) is 0.677. The SMILES string of the molecule is CCNCc1nc(CN)no1. The Hall–Kier alpha value is -0.940. The van der Waals surface area contributed by atoms with Gasteiger partial charge in [-0.15, -0.1) is 0 Å². The highest BCUT2D eigenvalue weighted by atomic mass is 16.5. The molecule has 5 nitrogen and oxygen atoms in total. The van der Waals surface area contributed by atoms with Gasteiger partial charge < -0.3 is 15.6 Å². The van der Waals surface area contributed by atoms with E-state index in [4.69, 9.17) is 10.3 Å². The van der Waals surface area contributed by atoms with Crippen LogP contribution in [0.3, 0.4) is 0 Å². The molecule has 0 radical (unpaired) electrons. The summed E-state index contributed by atoms with van der Waals surface area (Å²) in [5, 5.41) is 6.70. The van der Waals surface area contributed by atoms with Crippen LogP contribution in [0.25, 0.3) is 0 Å². The molecule has 0 aliphatic carbocycles. The average Bonchev–Trinajstić information content (AvgIpc) is 2.48. The van der Waals surface area contributed by atoms with Crippen LogP contribution in [-0.2, 0) is 13.1 Å². The average molecular weight is 156 g/mol. The van der Waals surface area contributed by atoms with Gasteiger partial charge in [0.2, 0.25) is 5.89 Å². The fraction of sp³-hybridized carbons (Fsp3) is 0.667. The molecule has 62 valence electrons. The lowest BCUT2D eigenvalue weighted by molar-refractivity contribution is 0.364. The molecule has 1 heterocycles. The first kappa shape index (κ1) is 8.16. The van der Waals surface area contributed by atoms with Gasteiger partial charge in [-0.1, -0.05) is 12.1 Å². The summed E-state index contributed by atoms with van der Waals surface area (Å²) < 4.78 is 4.85. The van der Waals surface area contributed by atoms with Crippen LogP contribution >= 0.6 is 0 Å². The summed E-state index contributed by atoms with van der Waals surface area (Å²) in [7, 11) is 0. The molecular weight excluding hydrogens is 144 g/mol. The molecule has 0 aliphatic heterocycles. The lowest BCUT2D eigenvalue weighted by atomic mass is 10.6. The van der Waals surface area contributed by atoms with E-state index >= 15 is 0 Å². The highest BCUT2D eigenvalue weighted by molar-refractivity contribution is 4.84. The Balaban J connectivity index is 2.44. The van der Waals surface area contributed by atoms with Crippen LogP contribution in [0.15, 0.2) is 4.52 Å². The van der Waals surface area contributed by atoms with Crippen molar-refractivity contribution in [1.29, 1.82) is 0 Å². The third-order valence-corrected chi connectivity index (χ3v) is 1.22. The van der Waals surface area contributed by atoms with Crippen molar-refractivity contribution in [3.8, 4) is 0 Å². The fourth-order valence-electron chi connectivity index (χ4n) is 0.677. The Morgan fingerprint density at radius 3 is 3.00 bits per heavy atom. The van der Waals surface area contributed by atoms with Crippen LogP contribution in [0.4, 0.5) is 0 Å². The van der Waals surface area contributed by atoms with E-state index in [0.29, 0.717) is 24.8 Å². The van der Waals surface area contributed by atoms with E-state index in [0.717, 1.165) is 6.54 Å². The molecule has 1 rings (SSSR count). The van der Waals surface area contributed by atoms with Gasteiger partial charge in [0.1, 0.15) is 0 Å². The molecule has 0 saturated carbocycles. The molecule has 0 unspecified atom stereocenters. The van der Waals surface area contributed by atoms with E-state index in [-0.39, 0.29) is 0 Å². The first-order valence-corrected chi connectivity index (χ1v) is 3.59. The van der Waals surface area contributed by atoms with Crippen LogP contribution < -0.4 is 11.1 Å². The largest absolute Gasteiger partial charge is 0.338 e. The van der Waals surface area contributed by atoms with Gasteiger partial charge in [0, 0.05) is 0 Å². The third kappa shape index (κ3) is 2.28. The minimum absolute atomic E-state index is 0.329. The minimum Gasteiger partial charge on any atom is -0.338 e. The van der Waals surface area contributed by atoms with E-state index in [1.165, 1.54) is 0 Å². The van der Waals surface area contributed by atoms with Crippen LogP contribution in [0.1, 0.15) is 18.6 Å². The second-order valence-corrected chi connectivity index (χ2v) is 2.09. The standard InChI is InChI=1S/C6H12N4O/c1-2-8-4-6-9-5(3-7)10-11-6/h8H,2-4,7H2,1H3. The number of nitrogens with one attached hydrogen (secondary N) is 1. The summed E-state index contributed by atoms with van der Waals surface area (Å²) in [4.78, 5) is 4.00. The molecule has 5 heteroatoms. The zero-order valence-corrected chi connectivity index (χ0v) is 6.50. The lowest BCUT2D eigenvalue weighted by Gasteiger charge is -1.91. The molecule has 0 saturated heterocycles. The summed E-state index contributed by atoms with van der Waals surface area (Å²) >= 11 is 0. The van der Waals surface area contributed by atoms with Gasteiger partial charge in [-0.25, -0.2) is 0 Å². The Bertz CT molecular complexity index is 210. The first-order chi connectivity index (χ1) is 5.36. The van der Waals surface area contributed by atoms with E-state index in [1.54, 1.807) is 0 Å². The number of hydrogen-bond donors (Lipinski definition) is 2. The van der Waals surface area contributed by atoms with Crippen molar-refractivity contribution in [2.75, 3.05) is 6.54 Å². The molecule has 0 amide bonds. The molecule has 0 bridgehead atoms. The highest BCUT2D eigenvalue weighted by Crippen LogP contribution is 1.94. The van der Waals surface area contributed by atoms with Gasteiger partial charge >= 0.3 is 0 Å². The summed E-state index contributed by atoms with van der Waals surface area (Å²) in [5.41, 5.74) is 5.29. The molecule has 1 aromatic heterocycles. The summed E-state index contributed by atoms with van der Waals surface area (Å²) in [5.74, 6) is 1.14. The number of hydrogen-bond acceptors (Lipinski definition) is 5. The Labute approximate surface area is 65.0 Å². The molecule has 11 heavy (non-hydrogen) atoms. The zero-order chi connectivity index (χ0) is 8.10. The van der Waals surface area contributed by atoms with Crippen LogP contribution in [-0.4, -0.2) is 16.7 Å². The van der Waals surface area contributed by atoms with Gasteiger partial charge in [-0.2, -0.15) is 4.98 Å². The van der Waals surface area contributed by atoms with Gasteiger partial charge in [0.25, 0.3) is 0 Å². The normalized spacial score (nSPS) is 10.4. The Morgan fingerprint density at radius 2 is 2.45 bits per heavy atom. The maximum Gasteiger partial charge on any atom is 0.240 e. The van der Waals surface area contributed by atoms with Crippen molar-refractivity contribution < 1.29 is 4.52 Å². The Morgan fingerprint density at radius 1 is 1.64 bits per heavy atom. The number of nitrogens with two attached hydrogens (primary N) is 1. The van der Waals surface area contributed by atoms with E-state index in [1.807, 2.05) is 6.92 Å². The van der Waals surface area contributed by atoms with E-state index in [9.17, 15) is 0 Å². The second-order valence-electron chi connectivity index (χ2n) is 2.09. The van der Waals surface area contributed by atoms with Crippen LogP contribution in [0, 0.1) is 0 Å². The zero-order valence-electron chi connectivity index (χ0n) is 6.50. The van der Waals surface area contributed by atoms with Crippen molar-refractivity contribution in [1.82, 2.24) is 15.5 Å².